The Hall–Kier alpha value is -11.7. The molecule has 0 atom stereocenters. The quantitative estimate of drug-likeness (QED) is 0.154. The lowest BCUT2D eigenvalue weighted by atomic mass is 9.33. The first kappa shape index (κ1) is 67.7. The van der Waals surface area contributed by atoms with Gasteiger partial charge in [-0.05, 0) is 224 Å². The summed E-state index contributed by atoms with van der Waals surface area (Å²) in [6.45, 7) is 35.1. The lowest BCUT2D eigenvalue weighted by molar-refractivity contribution is 0.590. The third-order valence-corrected chi connectivity index (χ3v) is 25.1. The normalized spacial score (nSPS) is 14.2. The number of nitrogens with zero attached hydrogens (tertiary/aromatic N) is 4. The van der Waals surface area contributed by atoms with E-state index in [1.54, 1.807) is 0 Å². The van der Waals surface area contributed by atoms with Gasteiger partial charge in [0.15, 0.2) is 0 Å². The molecule has 536 valence electrons. The van der Waals surface area contributed by atoms with E-state index in [0.29, 0.717) is 0 Å². The fourth-order valence-electron chi connectivity index (χ4n) is 19.5. The average Bonchev–Trinajstić information content (AvgIpc) is 1.48. The van der Waals surface area contributed by atoms with E-state index in [1.807, 2.05) is 0 Å². The summed E-state index contributed by atoms with van der Waals surface area (Å²) >= 11 is 0. The molecule has 2 aromatic heterocycles. The van der Waals surface area contributed by atoms with Crippen molar-refractivity contribution in [3.05, 3.63) is 341 Å². The van der Waals surface area contributed by atoms with Gasteiger partial charge in [0.2, 0.25) is 0 Å². The Bertz CT molecular complexity index is 6430. The minimum Gasteiger partial charge on any atom is -0.311 e. The van der Waals surface area contributed by atoms with Crippen LogP contribution in [0.2, 0.25) is 0 Å². The van der Waals surface area contributed by atoms with Crippen LogP contribution < -0.4 is 26.2 Å². The molecule has 2 aliphatic carbocycles. The fraction of sp³-hybridized carbons (Fsp3) is 0.200. The monoisotopic (exact) mass is 1420 g/mol. The molecule has 0 unspecified atom stereocenters. The second-order valence-electron chi connectivity index (χ2n) is 36.9. The highest BCUT2D eigenvalue weighted by Crippen LogP contribution is 2.65. The van der Waals surface area contributed by atoms with Crippen LogP contribution in [0.4, 0.5) is 34.1 Å². The van der Waals surface area contributed by atoms with Crippen LogP contribution in [0.5, 0.6) is 0 Å². The Morgan fingerprint density at radius 2 is 0.627 bits per heavy atom. The molecule has 1 spiro atoms. The van der Waals surface area contributed by atoms with Crippen LogP contribution >= 0.6 is 0 Å². The Balaban J connectivity index is 0.908. The molecule has 5 heteroatoms. The van der Waals surface area contributed by atoms with Crippen LogP contribution in [-0.2, 0) is 32.5 Å². The molecule has 4 nitrogen and oxygen atoms in total. The van der Waals surface area contributed by atoms with E-state index in [4.69, 9.17) is 0 Å². The smallest absolute Gasteiger partial charge is 0.252 e. The van der Waals surface area contributed by atoms with Gasteiger partial charge in [0.1, 0.15) is 0 Å². The maximum atomic E-state index is 2.70. The van der Waals surface area contributed by atoms with E-state index in [-0.39, 0.29) is 33.8 Å². The third-order valence-electron chi connectivity index (χ3n) is 25.1. The van der Waals surface area contributed by atoms with Crippen molar-refractivity contribution in [3.63, 3.8) is 0 Å². The average molecular weight is 1420 g/mol. The Morgan fingerprint density at radius 1 is 0.255 bits per heavy atom. The Labute approximate surface area is 649 Å². The first-order chi connectivity index (χ1) is 52.7. The topological polar surface area (TPSA) is 16.3 Å². The molecule has 0 saturated heterocycles. The largest absolute Gasteiger partial charge is 0.311 e. The van der Waals surface area contributed by atoms with Crippen molar-refractivity contribution in [1.29, 1.82) is 0 Å². The minimum atomic E-state index is -0.550. The van der Waals surface area contributed by atoms with Gasteiger partial charge in [0.25, 0.3) is 6.71 Å². The zero-order chi connectivity index (χ0) is 75.6. The molecule has 4 aliphatic rings. The van der Waals surface area contributed by atoms with Crippen molar-refractivity contribution in [2.24, 2.45) is 0 Å². The first-order valence-electron chi connectivity index (χ1n) is 39.7. The third kappa shape index (κ3) is 9.91. The van der Waals surface area contributed by atoms with Crippen molar-refractivity contribution in [2.45, 2.75) is 136 Å². The maximum Gasteiger partial charge on any atom is 0.252 e. The zero-order valence-electron chi connectivity index (χ0n) is 66.1. The molecule has 0 bridgehead atoms. The predicted octanol–water partition coefficient (Wildman–Crippen LogP) is 26.1. The second-order valence-corrected chi connectivity index (χ2v) is 36.9. The molecule has 14 aromatic carbocycles. The summed E-state index contributed by atoms with van der Waals surface area (Å²) < 4.78 is 5.17. The number of rotatable bonds is 6. The van der Waals surface area contributed by atoms with Gasteiger partial charge in [-0.25, -0.2) is 0 Å². The molecule has 4 heterocycles. The number of hydrogen-bond acceptors (Lipinski definition) is 2. The molecule has 0 N–H and O–H groups in total. The lowest BCUT2D eigenvalue weighted by Crippen LogP contribution is -2.61. The van der Waals surface area contributed by atoms with E-state index in [2.05, 4.69) is 414 Å². The van der Waals surface area contributed by atoms with Crippen LogP contribution in [0.25, 0.3) is 99.5 Å². The van der Waals surface area contributed by atoms with Gasteiger partial charge in [0.05, 0.1) is 38.9 Å². The van der Waals surface area contributed by atoms with Gasteiger partial charge in [-0.1, -0.05) is 298 Å². The summed E-state index contributed by atoms with van der Waals surface area (Å²) in [7, 11) is 0. The first-order valence-corrected chi connectivity index (χ1v) is 39.7. The van der Waals surface area contributed by atoms with Crippen molar-refractivity contribution in [2.75, 3.05) is 9.80 Å². The molecule has 0 fully saturated rings. The van der Waals surface area contributed by atoms with Gasteiger partial charge in [-0.3, -0.25) is 0 Å². The number of aromatic nitrogens is 2. The van der Waals surface area contributed by atoms with Crippen molar-refractivity contribution in [1.82, 2.24) is 9.13 Å². The van der Waals surface area contributed by atoms with Crippen molar-refractivity contribution >= 4 is 101 Å². The second kappa shape index (κ2) is 23.7. The van der Waals surface area contributed by atoms with Crippen LogP contribution in [0.15, 0.2) is 291 Å². The maximum absolute atomic E-state index is 2.70. The Morgan fingerprint density at radius 3 is 1.08 bits per heavy atom. The number of benzene rings is 14. The fourth-order valence-corrected chi connectivity index (χ4v) is 19.5. The van der Waals surface area contributed by atoms with E-state index in [9.17, 15) is 0 Å². The summed E-state index contributed by atoms with van der Waals surface area (Å²) in [6.07, 6.45) is 0. The van der Waals surface area contributed by atoms with Gasteiger partial charge < -0.3 is 18.9 Å². The zero-order valence-corrected chi connectivity index (χ0v) is 66.1. The summed E-state index contributed by atoms with van der Waals surface area (Å²) in [6, 6.07) is 114. The van der Waals surface area contributed by atoms with Gasteiger partial charge in [-0.2, -0.15) is 0 Å². The van der Waals surface area contributed by atoms with Crippen molar-refractivity contribution < 1.29 is 0 Å². The van der Waals surface area contributed by atoms with E-state index in [1.165, 1.54) is 166 Å². The minimum absolute atomic E-state index is 0.0461. The number of hydrogen-bond donors (Lipinski definition) is 0. The number of fused-ring (bicyclic) bond motifs is 21. The molecular formula is C105H93BN4. The molecule has 110 heavy (non-hydrogen) atoms. The molecule has 0 radical (unpaired) electrons. The summed E-state index contributed by atoms with van der Waals surface area (Å²) in [4.78, 5) is 5.40. The molecule has 0 saturated carbocycles. The highest BCUT2D eigenvalue weighted by Gasteiger charge is 2.53. The molecule has 20 rings (SSSR count). The molecule has 0 amide bonds. The van der Waals surface area contributed by atoms with Crippen LogP contribution in [0.3, 0.4) is 0 Å². The Kier molecular flexibility index (Phi) is 14.6. The van der Waals surface area contributed by atoms with E-state index >= 15 is 0 Å². The highest BCUT2D eigenvalue weighted by molar-refractivity contribution is 7.00. The van der Waals surface area contributed by atoms with Crippen LogP contribution in [0, 0.1) is 0 Å². The summed E-state index contributed by atoms with van der Waals surface area (Å²) in [5.41, 5.74) is 38.4. The van der Waals surface area contributed by atoms with Crippen LogP contribution in [0.1, 0.15) is 154 Å². The predicted molar refractivity (Wildman–Crippen MR) is 470 cm³/mol. The highest BCUT2D eigenvalue weighted by atomic mass is 15.2. The van der Waals surface area contributed by atoms with Crippen LogP contribution in [-0.4, -0.2) is 15.8 Å². The molecular weight excluding hydrogens is 1330 g/mol. The summed E-state index contributed by atoms with van der Waals surface area (Å²) in [5, 5.41) is 5.08. The lowest BCUT2D eigenvalue weighted by Gasteiger charge is -2.46. The van der Waals surface area contributed by atoms with E-state index in [0.717, 1.165) is 34.1 Å². The van der Waals surface area contributed by atoms with Crippen molar-refractivity contribution in [3.8, 4) is 55.9 Å². The standard InChI is InChI=1S/C105H93BN4/c1-100(2,3)66-42-51-88(78(56-66)64-30-18-16-19-31-64)109-93-62-71(107-90-53-44-68(102(7,8)9)58-80(90)81-59-69(103(10,11)12)45-54-91(81)107)46-49-85(93)106-86-50-47-72(63-94(86)110(96-61-70(104(13,14)15)60-95(109)99(96)106)89-52-43-67(101(4,5)6)57-79(89)65-32-20-17-21-33-65)108-87-41-29-25-37-77(87)97-92(108)55-48-76-75-36-24-28-40-84(75)105(98(76)97)82-38-26-22-34-73(82)74-35-23-27-39-83(74)105/h16-63H,1-15H3. The van der Waals surface area contributed by atoms with Gasteiger partial charge >= 0.3 is 0 Å². The number of anilines is 6. The SMILES string of the molecule is CC(C)(C)c1ccc(N2c3cc(-n4c5ccc(C(C)(C)C)cc5c5cc(C(C)(C)C)ccc54)ccc3B3c4ccc(-n5c6ccccc6c6c7c(ccc65)-c5ccccc5C75c6ccccc6-c6ccccc65)cc4N(c4ccc(C(C)(C)C)cc4-c4ccccc4)c4cc(C(C)(C)C)cc2c43)c(-c2ccccc2)c1. The summed E-state index contributed by atoms with van der Waals surface area (Å²) in [5.74, 6) is 0. The molecule has 2 aliphatic heterocycles. The van der Waals surface area contributed by atoms with Gasteiger partial charge in [0, 0.05) is 66.8 Å². The van der Waals surface area contributed by atoms with Gasteiger partial charge in [-0.15, -0.1) is 0 Å². The molecule has 16 aromatic rings. The van der Waals surface area contributed by atoms with E-state index < -0.39 is 5.41 Å². The number of para-hydroxylation sites is 1.